The number of alkyl halides is 3. The summed E-state index contributed by atoms with van der Waals surface area (Å²) in [7, 11) is 5.86. The van der Waals surface area contributed by atoms with Crippen molar-refractivity contribution in [3.05, 3.63) is 42.7 Å². The van der Waals surface area contributed by atoms with Gasteiger partial charge in [0.15, 0.2) is 0 Å². The molecule has 1 aliphatic rings. The van der Waals surface area contributed by atoms with Gasteiger partial charge in [0.2, 0.25) is 11.8 Å². The molecule has 1 aromatic carbocycles. The number of nitrogens with two attached hydrogens (primary N) is 1. The van der Waals surface area contributed by atoms with E-state index in [1.54, 1.807) is 22.5 Å². The van der Waals surface area contributed by atoms with Gasteiger partial charge in [-0.25, -0.2) is 22.4 Å². The minimum Gasteiger partial charge on any atom is -0.470 e. The van der Waals surface area contributed by atoms with Crippen LogP contribution in [0.2, 0.25) is 0 Å². The molecule has 4 heterocycles. The number of benzene rings is 1. The van der Waals surface area contributed by atoms with Gasteiger partial charge in [0.05, 0.1) is 18.6 Å². The second kappa shape index (κ2) is 11.4. The topological polar surface area (TPSA) is 99.4 Å². The largest absolute Gasteiger partial charge is 0.470 e. The number of nitrogens with zero attached hydrogens (tertiary/aromatic N) is 7. The van der Waals surface area contributed by atoms with Crippen molar-refractivity contribution in [1.29, 1.82) is 0 Å². The third-order valence-corrected chi connectivity index (χ3v) is 6.26. The van der Waals surface area contributed by atoms with E-state index < -0.39 is 17.4 Å². The van der Waals surface area contributed by atoms with Crippen LogP contribution in [0.15, 0.2) is 42.7 Å². The molecule has 0 bridgehead atoms. The first-order valence-corrected chi connectivity index (χ1v) is 12.9. The van der Waals surface area contributed by atoms with Crippen LogP contribution in [-0.2, 0) is 6.54 Å². The Morgan fingerprint density at radius 1 is 1.33 bits per heavy atom. The fourth-order valence-electron chi connectivity index (χ4n) is 4.35. The van der Waals surface area contributed by atoms with Gasteiger partial charge >= 0.3 is 0 Å². The van der Waals surface area contributed by atoms with Crippen molar-refractivity contribution in [3.63, 3.8) is 0 Å². The molecular weight excluding hydrogens is 528 g/mol. The van der Waals surface area contributed by atoms with E-state index in [-0.39, 0.29) is 31.3 Å². The Hall–Kier alpha value is -3.42. The number of halogens is 3. The van der Waals surface area contributed by atoms with Crippen molar-refractivity contribution in [2.75, 3.05) is 25.5 Å². The average Bonchev–Trinajstić information content (AvgIpc) is 3.46. The summed E-state index contributed by atoms with van der Waals surface area (Å²) in [4.78, 5) is 4.60. The molecule has 206 valence electrons. The number of aryl methyl sites for hydroxylation is 1. The Morgan fingerprint density at radius 2 is 2.10 bits per heavy atom. The lowest BCUT2D eigenvalue weighted by molar-refractivity contribution is -0.0555. The van der Waals surface area contributed by atoms with Crippen molar-refractivity contribution in [2.24, 2.45) is 0 Å². The highest BCUT2D eigenvalue weighted by Crippen LogP contribution is 2.34. The van der Waals surface area contributed by atoms with Crippen molar-refractivity contribution in [2.45, 2.75) is 50.4 Å². The molecule has 0 spiro atoms. The summed E-state index contributed by atoms with van der Waals surface area (Å²) in [5.74, 6) is -2.26. The number of thiol groups is 1. The van der Waals surface area contributed by atoms with Crippen molar-refractivity contribution in [3.8, 4) is 17.0 Å². The fraction of sp³-hybridized carbons (Fsp3) is 0.440. The van der Waals surface area contributed by atoms with E-state index in [0.29, 0.717) is 17.5 Å². The summed E-state index contributed by atoms with van der Waals surface area (Å²) in [6.07, 6.45) is 3.10. The predicted molar refractivity (Wildman–Crippen MR) is 149 cm³/mol. The van der Waals surface area contributed by atoms with E-state index in [2.05, 4.69) is 39.6 Å². The van der Waals surface area contributed by atoms with Gasteiger partial charge in [-0.3, -0.25) is 0 Å². The highest BCUT2D eigenvalue weighted by molar-refractivity contribution is 7.83. The number of aromatic nitrogens is 6. The highest BCUT2D eigenvalue weighted by Gasteiger charge is 2.35. The summed E-state index contributed by atoms with van der Waals surface area (Å²) >= 11 is 4.19. The first-order chi connectivity index (χ1) is 18.4. The van der Waals surface area contributed by atoms with Gasteiger partial charge in [-0.15, -0.1) is 22.8 Å². The van der Waals surface area contributed by atoms with Gasteiger partial charge < -0.3 is 15.4 Å². The molecule has 1 saturated heterocycles. The van der Waals surface area contributed by atoms with E-state index >= 15 is 0 Å². The van der Waals surface area contributed by atoms with Gasteiger partial charge in [-0.05, 0) is 43.5 Å². The van der Waals surface area contributed by atoms with Crippen LogP contribution in [0, 0.1) is 0 Å². The molecule has 2 N–H and O–H groups in total. The normalized spacial score (nSPS) is 16.5. The summed E-state index contributed by atoms with van der Waals surface area (Å²) in [5, 5.41) is 12.2. The maximum Gasteiger partial charge on any atom is 0.265 e. The van der Waals surface area contributed by atoms with Crippen LogP contribution in [0.3, 0.4) is 0 Å². The number of piperidine rings is 1. The number of likely N-dealkylation sites (tertiary alicyclic amines) is 1. The first-order valence-electron chi connectivity index (χ1n) is 12.5. The van der Waals surface area contributed by atoms with Crippen LogP contribution in [0.5, 0.6) is 5.88 Å². The molecule has 3 aromatic heterocycles. The molecule has 0 amide bonds. The fourth-order valence-corrected chi connectivity index (χ4v) is 4.43. The van der Waals surface area contributed by atoms with E-state index in [9.17, 15) is 13.2 Å². The second-order valence-electron chi connectivity index (χ2n) is 9.46. The number of hydrogen-bond acceptors (Lipinski definition) is 8. The minimum absolute atomic E-state index is 0.0283. The third kappa shape index (κ3) is 6.78. The molecule has 1 fully saturated rings. The van der Waals surface area contributed by atoms with Gasteiger partial charge in [-0.2, -0.15) is 4.98 Å². The summed E-state index contributed by atoms with van der Waals surface area (Å²) in [6, 6.07) is 7.44. The lowest BCUT2D eigenvalue weighted by atomic mass is 10.0. The van der Waals surface area contributed by atoms with Crippen LogP contribution >= 0.6 is 12.6 Å². The van der Waals surface area contributed by atoms with E-state index in [1.165, 1.54) is 4.68 Å². The highest BCUT2D eigenvalue weighted by atomic mass is 32.1. The Morgan fingerprint density at radius 3 is 2.77 bits per heavy atom. The summed E-state index contributed by atoms with van der Waals surface area (Å²) in [5.41, 5.74) is 10.2. The molecule has 5 rings (SSSR count). The Labute approximate surface area is 231 Å². The quantitative estimate of drug-likeness (QED) is 0.196. The van der Waals surface area contributed by atoms with E-state index in [4.69, 9.17) is 18.3 Å². The molecule has 1 aliphatic heterocycles. The zero-order valence-corrected chi connectivity index (χ0v) is 22.7. The van der Waals surface area contributed by atoms with Gasteiger partial charge in [0.1, 0.15) is 30.4 Å². The maximum absolute atomic E-state index is 12.9. The number of hydrogen-bond donors (Lipinski definition) is 2. The van der Waals surface area contributed by atoms with Crippen LogP contribution in [-0.4, -0.2) is 72.9 Å². The van der Waals surface area contributed by atoms with Crippen LogP contribution in [0.25, 0.3) is 27.7 Å². The number of allylic oxidation sites excluding steroid dienone is 1. The van der Waals surface area contributed by atoms with E-state index in [0.717, 1.165) is 35.3 Å². The van der Waals surface area contributed by atoms with E-state index in [1.807, 2.05) is 31.2 Å². The lowest BCUT2D eigenvalue weighted by Crippen LogP contribution is -2.41. The maximum atomic E-state index is 12.9. The number of ether oxygens (including phenoxy) is 1. The second-order valence-corrected chi connectivity index (χ2v) is 10.3. The number of anilines is 1. The Bertz CT molecular complexity index is 1470. The summed E-state index contributed by atoms with van der Waals surface area (Å²) < 4.78 is 47.2. The molecule has 39 heavy (non-hydrogen) atoms. The van der Waals surface area contributed by atoms with Gasteiger partial charge in [-0.1, -0.05) is 24.8 Å². The molecule has 0 saturated carbocycles. The predicted octanol–water partition coefficient (Wildman–Crippen LogP) is 4.48. The zero-order valence-electron chi connectivity index (χ0n) is 21.8. The lowest BCUT2D eigenvalue weighted by Gasteiger charge is -2.34. The van der Waals surface area contributed by atoms with Gasteiger partial charge in [0, 0.05) is 30.4 Å². The number of rotatable bonds is 7. The molecule has 14 heteroatoms. The molecule has 2 radical (unpaired) electrons. The van der Waals surface area contributed by atoms with Gasteiger partial charge in [0.25, 0.3) is 5.92 Å². The van der Waals surface area contributed by atoms with Crippen molar-refractivity contribution >= 4 is 43.0 Å². The molecular formula is C25H30BF3N8OS. The zero-order chi connectivity index (χ0) is 28.4. The smallest absolute Gasteiger partial charge is 0.265 e. The third-order valence-electron chi connectivity index (χ3n) is 6.17. The van der Waals surface area contributed by atoms with Crippen molar-refractivity contribution in [1.82, 2.24) is 34.5 Å². The first kappa shape index (κ1) is 28.6. The Kier molecular flexibility index (Phi) is 8.33. The molecule has 1 unspecified atom stereocenters. The SMILES string of the molecule is C=C(CC)N1CCCC(F)(F)C1.[B]C(C)(S)Oc1nc(N)nn2ccc(-c3ccc4nnn(CCF)c4c3)c12. The molecule has 1 atom stereocenters. The monoisotopic (exact) mass is 558 g/mol. The average molecular weight is 558 g/mol. The van der Waals surface area contributed by atoms with Crippen LogP contribution < -0.4 is 10.5 Å². The molecule has 0 aliphatic carbocycles. The number of nitrogen functional groups attached to an aromatic ring is 1. The summed E-state index contributed by atoms with van der Waals surface area (Å²) in [6.45, 7) is 7.48. The molecule has 9 nitrogen and oxygen atoms in total. The van der Waals surface area contributed by atoms with Crippen LogP contribution in [0.1, 0.15) is 33.1 Å². The number of fused-ring (bicyclic) bond motifs is 2. The van der Waals surface area contributed by atoms with Crippen LogP contribution in [0.4, 0.5) is 19.1 Å². The van der Waals surface area contributed by atoms with Crippen molar-refractivity contribution < 1.29 is 17.9 Å². The molecule has 4 aromatic rings. The minimum atomic E-state index is -2.50. The Balaban J connectivity index is 0.000000247. The standard InChI is InChI=1S/C16H15BFN7OS.C9H15F2N/c1-16(17,27)26-14-13-10(4-6-25(13)22-15(19)20-14)9-2-3-11-12(8-9)24(7-5-18)23-21-11;1-3-8(2)12-6-4-5-9(10,11)7-12/h2-4,6,8,27H,5,7H2,1H3,(H2,19,22);2-7H2,1H3.